The lowest BCUT2D eigenvalue weighted by Crippen LogP contribution is -2.49. The number of pyridine rings is 1. The van der Waals surface area contributed by atoms with Crippen LogP contribution < -0.4 is 10.6 Å². The van der Waals surface area contributed by atoms with Crippen molar-refractivity contribution in [3.8, 4) is 0 Å². The molecule has 6 heteroatoms. The third-order valence-corrected chi connectivity index (χ3v) is 7.28. The van der Waals surface area contributed by atoms with Crippen molar-refractivity contribution in [2.24, 2.45) is 5.92 Å². The summed E-state index contributed by atoms with van der Waals surface area (Å²) in [5, 5.41) is 9.56. The number of hydrogen-bond acceptors (Lipinski definition) is 4. The monoisotopic (exact) mass is 454 g/mol. The number of nitrogens with one attached hydrogen (secondary N) is 2. The van der Waals surface area contributed by atoms with E-state index in [0.717, 1.165) is 45.6 Å². The maximum absolute atomic E-state index is 6.65. The standard InChI is InChI=1S/C25H28Cl2N4/c26-18-6-8-20-22(10-11-28-24(20)14-18)30-19-7-9-23(21(27)15-19)29-16-17-4-3-13-31-12-2-1-5-25(17)31/h6-11,14-15,17,25,29H,1-5,12-13,16H2,(H,28,30)/t17?,25-/m1/s1. The van der Waals surface area contributed by atoms with Crippen molar-refractivity contribution < 1.29 is 0 Å². The van der Waals surface area contributed by atoms with E-state index in [2.05, 4.69) is 32.7 Å². The SMILES string of the molecule is Clc1ccc2c(Nc3ccc(NCC4CCCN5CCCC[C@H]45)c(Cl)c3)ccnc2c1. The van der Waals surface area contributed by atoms with Gasteiger partial charge in [0, 0.05) is 40.6 Å². The van der Waals surface area contributed by atoms with Crippen molar-refractivity contribution in [2.45, 2.75) is 38.1 Å². The van der Waals surface area contributed by atoms with Gasteiger partial charge < -0.3 is 15.5 Å². The molecule has 0 spiro atoms. The molecule has 0 radical (unpaired) electrons. The molecule has 2 aliphatic rings. The number of halogens is 2. The maximum Gasteiger partial charge on any atom is 0.0737 e. The van der Waals surface area contributed by atoms with E-state index in [1.807, 2.05) is 30.3 Å². The summed E-state index contributed by atoms with van der Waals surface area (Å²) in [4.78, 5) is 7.12. The van der Waals surface area contributed by atoms with E-state index in [4.69, 9.17) is 23.2 Å². The minimum absolute atomic E-state index is 0.685. The molecule has 2 N–H and O–H groups in total. The van der Waals surface area contributed by atoms with E-state index in [1.165, 1.54) is 45.2 Å². The predicted molar refractivity (Wildman–Crippen MR) is 132 cm³/mol. The number of fused-ring (bicyclic) bond motifs is 2. The summed E-state index contributed by atoms with van der Waals surface area (Å²) in [6.45, 7) is 3.54. The van der Waals surface area contributed by atoms with E-state index >= 15 is 0 Å². The summed E-state index contributed by atoms with van der Waals surface area (Å²) in [6, 6.07) is 14.6. The number of nitrogens with zero attached hydrogens (tertiary/aromatic N) is 2. The first-order valence-corrected chi connectivity index (χ1v) is 12.0. The number of aromatic nitrogens is 1. The van der Waals surface area contributed by atoms with Crippen LogP contribution in [0.5, 0.6) is 0 Å². The summed E-state index contributed by atoms with van der Waals surface area (Å²) >= 11 is 12.8. The molecule has 0 saturated carbocycles. The Morgan fingerprint density at radius 3 is 2.74 bits per heavy atom. The second-order valence-corrected chi connectivity index (χ2v) is 9.57. The van der Waals surface area contributed by atoms with Crippen molar-refractivity contribution in [3.05, 3.63) is 58.7 Å². The minimum Gasteiger partial charge on any atom is -0.384 e. The molecule has 0 amide bonds. The molecule has 0 bridgehead atoms. The highest BCUT2D eigenvalue weighted by atomic mass is 35.5. The van der Waals surface area contributed by atoms with Crippen molar-refractivity contribution in [1.29, 1.82) is 0 Å². The van der Waals surface area contributed by atoms with E-state index in [9.17, 15) is 0 Å². The second kappa shape index (κ2) is 9.23. The molecule has 2 saturated heterocycles. The van der Waals surface area contributed by atoms with Crippen LogP contribution >= 0.6 is 23.2 Å². The molecule has 1 unspecified atom stereocenters. The van der Waals surface area contributed by atoms with Crippen LogP contribution in [0.25, 0.3) is 10.9 Å². The molecule has 2 aromatic carbocycles. The molecular weight excluding hydrogens is 427 g/mol. The Hall–Kier alpha value is -2.01. The number of anilines is 3. The Kier molecular flexibility index (Phi) is 6.22. The van der Waals surface area contributed by atoms with Crippen LogP contribution in [0.1, 0.15) is 32.1 Å². The minimum atomic E-state index is 0.685. The van der Waals surface area contributed by atoms with Crippen LogP contribution in [-0.4, -0.2) is 35.6 Å². The average Bonchev–Trinajstić information content (AvgIpc) is 2.78. The third-order valence-electron chi connectivity index (χ3n) is 6.74. The number of rotatable bonds is 5. The van der Waals surface area contributed by atoms with Crippen LogP contribution in [0.15, 0.2) is 48.7 Å². The molecule has 3 aromatic rings. The molecule has 2 fully saturated rings. The molecule has 31 heavy (non-hydrogen) atoms. The molecule has 1 aromatic heterocycles. The summed E-state index contributed by atoms with van der Waals surface area (Å²) in [5.74, 6) is 0.706. The molecule has 5 rings (SSSR count). The first-order chi connectivity index (χ1) is 15.2. The fourth-order valence-corrected chi connectivity index (χ4v) is 5.59. The fourth-order valence-electron chi connectivity index (χ4n) is 5.18. The van der Waals surface area contributed by atoms with Gasteiger partial charge in [0.05, 0.1) is 16.2 Å². The van der Waals surface area contributed by atoms with Gasteiger partial charge in [0.2, 0.25) is 0 Å². The lowest BCUT2D eigenvalue weighted by atomic mass is 9.83. The van der Waals surface area contributed by atoms with Crippen LogP contribution in [0.3, 0.4) is 0 Å². The van der Waals surface area contributed by atoms with Gasteiger partial charge in [-0.3, -0.25) is 4.98 Å². The topological polar surface area (TPSA) is 40.2 Å². The Bertz CT molecular complexity index is 1070. The lowest BCUT2D eigenvalue weighted by Gasteiger charge is -2.44. The third kappa shape index (κ3) is 4.62. The quantitative estimate of drug-likeness (QED) is 0.436. The van der Waals surface area contributed by atoms with Gasteiger partial charge in [-0.2, -0.15) is 0 Å². The molecule has 162 valence electrons. The predicted octanol–water partition coefficient (Wildman–Crippen LogP) is 6.96. The average molecular weight is 455 g/mol. The van der Waals surface area contributed by atoms with Crippen LogP contribution in [-0.2, 0) is 0 Å². The van der Waals surface area contributed by atoms with Crippen LogP contribution in [0.4, 0.5) is 17.1 Å². The first kappa shape index (κ1) is 20.9. The van der Waals surface area contributed by atoms with Gasteiger partial charge in [0.25, 0.3) is 0 Å². The van der Waals surface area contributed by atoms with Gasteiger partial charge in [-0.1, -0.05) is 29.6 Å². The number of piperidine rings is 2. The molecule has 2 atom stereocenters. The van der Waals surface area contributed by atoms with Gasteiger partial charge in [0.15, 0.2) is 0 Å². The fraction of sp³-hybridized carbons (Fsp3) is 0.400. The van der Waals surface area contributed by atoms with Crippen molar-refractivity contribution in [3.63, 3.8) is 0 Å². The zero-order valence-corrected chi connectivity index (χ0v) is 19.1. The van der Waals surface area contributed by atoms with E-state index in [0.29, 0.717) is 10.9 Å². The summed E-state index contributed by atoms with van der Waals surface area (Å²) in [7, 11) is 0. The Morgan fingerprint density at radius 1 is 0.935 bits per heavy atom. The highest BCUT2D eigenvalue weighted by Gasteiger charge is 2.32. The van der Waals surface area contributed by atoms with E-state index in [-0.39, 0.29) is 0 Å². The zero-order valence-electron chi connectivity index (χ0n) is 17.6. The van der Waals surface area contributed by atoms with Gasteiger partial charge >= 0.3 is 0 Å². The highest BCUT2D eigenvalue weighted by Crippen LogP contribution is 2.33. The lowest BCUT2D eigenvalue weighted by molar-refractivity contribution is 0.0649. The molecule has 2 aliphatic heterocycles. The normalized spacial score (nSPS) is 21.6. The smallest absolute Gasteiger partial charge is 0.0737 e. The summed E-state index contributed by atoms with van der Waals surface area (Å²) in [5.41, 5.74) is 3.81. The first-order valence-electron chi connectivity index (χ1n) is 11.3. The van der Waals surface area contributed by atoms with Gasteiger partial charge in [-0.25, -0.2) is 0 Å². The van der Waals surface area contributed by atoms with Gasteiger partial charge in [-0.15, -0.1) is 0 Å². The maximum atomic E-state index is 6.65. The molecule has 0 aliphatic carbocycles. The van der Waals surface area contributed by atoms with E-state index in [1.54, 1.807) is 6.20 Å². The second-order valence-electron chi connectivity index (χ2n) is 8.72. The van der Waals surface area contributed by atoms with Crippen LogP contribution in [0, 0.1) is 5.92 Å². The van der Waals surface area contributed by atoms with Crippen molar-refractivity contribution >= 4 is 51.2 Å². The molecule has 4 nitrogen and oxygen atoms in total. The number of benzene rings is 2. The van der Waals surface area contributed by atoms with Gasteiger partial charge in [-0.05, 0) is 87.2 Å². The Balaban J connectivity index is 1.27. The largest absolute Gasteiger partial charge is 0.384 e. The van der Waals surface area contributed by atoms with E-state index < -0.39 is 0 Å². The van der Waals surface area contributed by atoms with Crippen molar-refractivity contribution in [1.82, 2.24) is 9.88 Å². The van der Waals surface area contributed by atoms with Crippen LogP contribution in [0.2, 0.25) is 10.0 Å². The zero-order chi connectivity index (χ0) is 21.2. The highest BCUT2D eigenvalue weighted by molar-refractivity contribution is 6.33. The Morgan fingerprint density at radius 2 is 1.84 bits per heavy atom. The summed E-state index contributed by atoms with van der Waals surface area (Å²) < 4.78 is 0. The molecular formula is C25H28Cl2N4. The molecule has 3 heterocycles. The number of hydrogen-bond donors (Lipinski definition) is 2. The van der Waals surface area contributed by atoms with Crippen molar-refractivity contribution in [2.75, 3.05) is 30.3 Å². The Labute approximate surface area is 193 Å². The van der Waals surface area contributed by atoms with Gasteiger partial charge in [0.1, 0.15) is 0 Å². The summed E-state index contributed by atoms with van der Waals surface area (Å²) in [6.07, 6.45) is 8.48.